The van der Waals surface area contributed by atoms with Gasteiger partial charge in [0.1, 0.15) is 5.78 Å². The average molecular weight is 114 g/mol. The van der Waals surface area contributed by atoms with Crippen molar-refractivity contribution in [2.45, 2.75) is 25.9 Å². The van der Waals surface area contributed by atoms with E-state index in [4.69, 9.17) is 5.11 Å². The lowest BCUT2D eigenvalue weighted by Crippen LogP contribution is -2.34. The quantitative estimate of drug-likeness (QED) is 0.534. The normalized spacial score (nSPS) is 31.8. The smallest absolute Gasteiger partial charge is 0.138 e. The molecule has 0 aliphatic heterocycles. The summed E-state index contributed by atoms with van der Waals surface area (Å²) in [6.07, 6.45) is 1.14. The van der Waals surface area contributed by atoms with E-state index >= 15 is 0 Å². The van der Waals surface area contributed by atoms with Gasteiger partial charge in [0, 0.05) is 12.3 Å². The summed E-state index contributed by atoms with van der Waals surface area (Å²) in [6.45, 7) is 1.67. The zero-order chi connectivity index (χ0) is 6.15. The van der Waals surface area contributed by atoms with Crippen molar-refractivity contribution in [1.29, 1.82) is 0 Å². The zero-order valence-electron chi connectivity index (χ0n) is 4.92. The lowest BCUT2D eigenvalue weighted by Gasteiger charge is -2.25. The highest BCUT2D eigenvalue weighted by molar-refractivity contribution is 5.86. The molecule has 1 aliphatic carbocycles. The lowest BCUT2D eigenvalue weighted by atomic mass is 9.80. The highest BCUT2D eigenvalue weighted by Gasteiger charge is 2.31. The monoisotopic (exact) mass is 114 g/mol. The van der Waals surface area contributed by atoms with Gasteiger partial charge in [0.25, 0.3) is 0 Å². The SMILES string of the molecule is CC(O)C1CCC1=O. The first-order valence-corrected chi connectivity index (χ1v) is 2.92. The number of Topliss-reactive ketones (excluding diaryl/α,β-unsaturated/α-hetero) is 1. The average Bonchev–Trinajstić information content (AvgIpc) is 1.61. The summed E-state index contributed by atoms with van der Waals surface area (Å²) < 4.78 is 0. The molecular formula is C6H10O2. The van der Waals surface area contributed by atoms with Crippen molar-refractivity contribution >= 4 is 5.78 Å². The Labute approximate surface area is 48.5 Å². The molecule has 2 atom stereocenters. The van der Waals surface area contributed by atoms with Crippen LogP contribution in [0.2, 0.25) is 0 Å². The molecule has 0 amide bonds. The zero-order valence-corrected chi connectivity index (χ0v) is 4.92. The van der Waals surface area contributed by atoms with Crippen LogP contribution in [0.1, 0.15) is 19.8 Å². The van der Waals surface area contributed by atoms with Crippen LogP contribution in [0.3, 0.4) is 0 Å². The third kappa shape index (κ3) is 0.757. The first-order valence-electron chi connectivity index (χ1n) is 2.92. The topological polar surface area (TPSA) is 37.3 Å². The third-order valence-electron chi connectivity index (χ3n) is 1.70. The molecule has 1 fully saturated rings. The number of hydrogen-bond donors (Lipinski definition) is 1. The van der Waals surface area contributed by atoms with Crippen LogP contribution < -0.4 is 0 Å². The van der Waals surface area contributed by atoms with Crippen LogP contribution in [0.5, 0.6) is 0 Å². The highest BCUT2D eigenvalue weighted by atomic mass is 16.3. The molecule has 0 aromatic heterocycles. The second-order valence-electron chi connectivity index (χ2n) is 2.35. The molecule has 1 rings (SSSR count). The Balaban J connectivity index is 2.37. The van der Waals surface area contributed by atoms with Crippen LogP contribution in [-0.4, -0.2) is 17.0 Å². The number of ketones is 1. The van der Waals surface area contributed by atoms with Crippen molar-refractivity contribution in [3.8, 4) is 0 Å². The fraction of sp³-hybridized carbons (Fsp3) is 0.833. The maximum atomic E-state index is 10.5. The van der Waals surface area contributed by atoms with Crippen LogP contribution in [0, 0.1) is 5.92 Å². The van der Waals surface area contributed by atoms with Gasteiger partial charge in [-0.25, -0.2) is 0 Å². The van der Waals surface area contributed by atoms with Gasteiger partial charge in [-0.15, -0.1) is 0 Å². The van der Waals surface area contributed by atoms with Crippen LogP contribution in [0.4, 0.5) is 0 Å². The van der Waals surface area contributed by atoms with E-state index in [2.05, 4.69) is 0 Å². The fourth-order valence-electron chi connectivity index (χ4n) is 0.939. The molecule has 2 heteroatoms. The minimum atomic E-state index is -0.420. The van der Waals surface area contributed by atoms with E-state index in [-0.39, 0.29) is 11.7 Å². The van der Waals surface area contributed by atoms with Crippen molar-refractivity contribution in [2.24, 2.45) is 5.92 Å². The van der Waals surface area contributed by atoms with Gasteiger partial charge in [0.2, 0.25) is 0 Å². The number of aliphatic hydroxyl groups excluding tert-OH is 1. The molecule has 8 heavy (non-hydrogen) atoms. The first kappa shape index (κ1) is 5.76. The number of rotatable bonds is 1. The maximum absolute atomic E-state index is 10.5. The van der Waals surface area contributed by atoms with Crippen molar-refractivity contribution in [3.05, 3.63) is 0 Å². The van der Waals surface area contributed by atoms with E-state index in [1.807, 2.05) is 0 Å². The van der Waals surface area contributed by atoms with E-state index < -0.39 is 6.10 Å². The van der Waals surface area contributed by atoms with Crippen molar-refractivity contribution in [1.82, 2.24) is 0 Å². The van der Waals surface area contributed by atoms with E-state index in [0.29, 0.717) is 6.42 Å². The molecule has 0 aromatic rings. The maximum Gasteiger partial charge on any atom is 0.138 e. The van der Waals surface area contributed by atoms with E-state index in [9.17, 15) is 4.79 Å². The Bertz CT molecular complexity index is 107. The molecule has 2 unspecified atom stereocenters. The number of hydrogen-bond acceptors (Lipinski definition) is 2. The van der Waals surface area contributed by atoms with Gasteiger partial charge < -0.3 is 5.11 Å². The molecule has 0 spiro atoms. The molecule has 0 saturated heterocycles. The second kappa shape index (κ2) is 1.86. The van der Waals surface area contributed by atoms with Crippen molar-refractivity contribution < 1.29 is 9.90 Å². The third-order valence-corrected chi connectivity index (χ3v) is 1.70. The largest absolute Gasteiger partial charge is 0.393 e. The lowest BCUT2D eigenvalue weighted by molar-refractivity contribution is -0.133. The predicted octanol–water partition coefficient (Wildman–Crippen LogP) is 0.346. The van der Waals surface area contributed by atoms with Crippen molar-refractivity contribution in [3.63, 3.8) is 0 Å². The van der Waals surface area contributed by atoms with E-state index in [1.165, 1.54) is 0 Å². The fourth-order valence-corrected chi connectivity index (χ4v) is 0.939. The molecule has 46 valence electrons. The molecule has 0 heterocycles. The Morgan fingerprint density at radius 2 is 2.50 bits per heavy atom. The predicted molar refractivity (Wildman–Crippen MR) is 29.4 cm³/mol. The van der Waals surface area contributed by atoms with Crippen LogP contribution in [0.15, 0.2) is 0 Å². The molecule has 2 nitrogen and oxygen atoms in total. The first-order chi connectivity index (χ1) is 3.72. The van der Waals surface area contributed by atoms with Gasteiger partial charge in [-0.3, -0.25) is 4.79 Å². The molecule has 1 saturated carbocycles. The Morgan fingerprint density at radius 3 is 2.50 bits per heavy atom. The summed E-state index contributed by atoms with van der Waals surface area (Å²) in [5, 5.41) is 8.82. The van der Waals surface area contributed by atoms with Crippen LogP contribution in [0.25, 0.3) is 0 Å². The molecular weight excluding hydrogens is 104 g/mol. The molecule has 1 aliphatic rings. The number of aliphatic hydroxyl groups is 1. The van der Waals surface area contributed by atoms with Gasteiger partial charge >= 0.3 is 0 Å². The summed E-state index contributed by atoms with van der Waals surface area (Å²) in [7, 11) is 0. The minimum absolute atomic E-state index is 0.0324. The van der Waals surface area contributed by atoms with Gasteiger partial charge in [-0.1, -0.05) is 0 Å². The molecule has 0 radical (unpaired) electrons. The summed E-state index contributed by atoms with van der Waals surface area (Å²) in [6, 6.07) is 0. The Morgan fingerprint density at radius 1 is 1.88 bits per heavy atom. The Hall–Kier alpha value is -0.370. The summed E-state index contributed by atoms with van der Waals surface area (Å²) in [4.78, 5) is 10.5. The number of carbonyl (C=O) groups is 1. The van der Waals surface area contributed by atoms with E-state index in [1.54, 1.807) is 6.92 Å². The summed E-state index contributed by atoms with van der Waals surface area (Å²) in [5.74, 6) is 0.190. The van der Waals surface area contributed by atoms with Gasteiger partial charge in [0.05, 0.1) is 6.10 Å². The molecule has 0 bridgehead atoms. The molecule has 1 N–H and O–H groups in total. The highest BCUT2D eigenvalue weighted by Crippen LogP contribution is 2.24. The van der Waals surface area contributed by atoms with Crippen LogP contribution in [-0.2, 0) is 4.79 Å². The minimum Gasteiger partial charge on any atom is -0.393 e. The summed E-state index contributed by atoms with van der Waals surface area (Å²) >= 11 is 0. The second-order valence-corrected chi connectivity index (χ2v) is 2.35. The van der Waals surface area contributed by atoms with Crippen molar-refractivity contribution in [2.75, 3.05) is 0 Å². The summed E-state index contributed by atoms with van der Waals surface area (Å²) in [5.41, 5.74) is 0. The van der Waals surface area contributed by atoms with E-state index in [0.717, 1.165) is 6.42 Å². The number of carbonyl (C=O) groups excluding carboxylic acids is 1. The van der Waals surface area contributed by atoms with Gasteiger partial charge in [-0.2, -0.15) is 0 Å². The van der Waals surface area contributed by atoms with Gasteiger partial charge in [-0.05, 0) is 13.3 Å². The van der Waals surface area contributed by atoms with Gasteiger partial charge in [0.15, 0.2) is 0 Å². The van der Waals surface area contributed by atoms with Crippen LogP contribution >= 0.6 is 0 Å². The standard InChI is InChI=1S/C6H10O2/c1-4(7)5-2-3-6(5)8/h4-5,7H,2-3H2,1H3. The molecule has 0 aromatic carbocycles. The Kier molecular flexibility index (Phi) is 1.34.